The molecule has 190 valence electrons. The molecule has 0 bridgehead atoms. The van der Waals surface area contributed by atoms with Crippen LogP contribution in [0.3, 0.4) is 0 Å². The second-order valence-electron chi connectivity index (χ2n) is 10.2. The number of pyridine rings is 1. The smallest absolute Gasteiger partial charge is 0.226 e. The van der Waals surface area contributed by atoms with Gasteiger partial charge in [0.2, 0.25) is 11.8 Å². The molecule has 8 nitrogen and oxygen atoms in total. The molecule has 1 aromatic carbocycles. The van der Waals surface area contributed by atoms with Crippen LogP contribution in [-0.2, 0) is 9.59 Å². The van der Waals surface area contributed by atoms with Crippen molar-refractivity contribution in [3.63, 3.8) is 0 Å². The van der Waals surface area contributed by atoms with Crippen LogP contribution in [0.2, 0.25) is 0 Å². The van der Waals surface area contributed by atoms with Gasteiger partial charge in [-0.1, -0.05) is 12.8 Å². The molecule has 2 atom stereocenters. The van der Waals surface area contributed by atoms with E-state index in [0.717, 1.165) is 18.4 Å². The van der Waals surface area contributed by atoms with Crippen LogP contribution in [0.25, 0.3) is 11.3 Å². The highest BCUT2D eigenvalue weighted by Crippen LogP contribution is 2.37. The maximum Gasteiger partial charge on any atom is 0.226 e. The van der Waals surface area contributed by atoms with Gasteiger partial charge in [-0.2, -0.15) is 10.5 Å². The molecule has 0 unspecified atom stereocenters. The Kier molecular flexibility index (Phi) is 6.80. The van der Waals surface area contributed by atoms with Crippen molar-refractivity contribution in [1.29, 1.82) is 10.5 Å². The van der Waals surface area contributed by atoms with E-state index in [1.807, 2.05) is 9.80 Å². The third-order valence-corrected chi connectivity index (χ3v) is 7.77. The molecule has 1 saturated heterocycles. The number of hydrogen-bond acceptors (Lipinski definition) is 6. The second-order valence-corrected chi connectivity index (χ2v) is 10.2. The van der Waals surface area contributed by atoms with Crippen molar-refractivity contribution in [3.05, 3.63) is 47.8 Å². The third kappa shape index (κ3) is 5.13. The Balaban J connectivity index is 1.26. The fraction of sp³-hybridized carbons (Fsp3) is 0.464. The fourth-order valence-corrected chi connectivity index (χ4v) is 5.39. The topological polar surface area (TPSA) is 113 Å². The number of hydrogen-bond donors (Lipinski definition) is 1. The van der Waals surface area contributed by atoms with Crippen molar-refractivity contribution in [1.82, 2.24) is 15.2 Å². The van der Waals surface area contributed by atoms with Gasteiger partial charge in [-0.15, -0.1) is 0 Å². The zero-order valence-corrected chi connectivity index (χ0v) is 20.6. The van der Waals surface area contributed by atoms with Gasteiger partial charge in [0.25, 0.3) is 0 Å². The van der Waals surface area contributed by atoms with Crippen molar-refractivity contribution < 1.29 is 14.0 Å². The van der Waals surface area contributed by atoms with E-state index in [0.29, 0.717) is 68.9 Å². The van der Waals surface area contributed by atoms with E-state index in [4.69, 9.17) is 4.98 Å². The fourth-order valence-electron chi connectivity index (χ4n) is 5.39. The van der Waals surface area contributed by atoms with Crippen molar-refractivity contribution in [2.75, 3.05) is 31.1 Å². The first-order valence-electron chi connectivity index (χ1n) is 12.9. The molecule has 1 N–H and O–H groups in total. The van der Waals surface area contributed by atoms with Crippen LogP contribution >= 0.6 is 0 Å². The Morgan fingerprint density at radius 1 is 0.973 bits per heavy atom. The predicted octanol–water partition coefficient (Wildman–Crippen LogP) is 3.39. The van der Waals surface area contributed by atoms with E-state index >= 15 is 0 Å². The number of carbonyl (C=O) groups excluding carboxylic acids is 2. The van der Waals surface area contributed by atoms with Crippen molar-refractivity contribution in [2.45, 2.75) is 44.1 Å². The highest BCUT2D eigenvalue weighted by molar-refractivity contribution is 5.89. The first kappa shape index (κ1) is 24.7. The molecule has 37 heavy (non-hydrogen) atoms. The number of anilines is 1. The van der Waals surface area contributed by atoms with Crippen LogP contribution in [0, 0.1) is 40.3 Å². The van der Waals surface area contributed by atoms with E-state index in [1.165, 1.54) is 12.1 Å². The van der Waals surface area contributed by atoms with Crippen molar-refractivity contribution in [3.8, 4) is 23.4 Å². The van der Waals surface area contributed by atoms with E-state index in [1.54, 1.807) is 24.3 Å². The van der Waals surface area contributed by atoms with E-state index in [2.05, 4.69) is 17.5 Å². The molecule has 2 saturated carbocycles. The molecule has 2 aromatic rings. The molecule has 5 rings (SSSR count). The van der Waals surface area contributed by atoms with Gasteiger partial charge in [0, 0.05) is 43.6 Å². The minimum absolute atomic E-state index is 0.00478. The van der Waals surface area contributed by atoms with Crippen molar-refractivity contribution >= 4 is 17.6 Å². The highest BCUT2D eigenvalue weighted by Gasteiger charge is 2.47. The molecule has 1 aromatic heterocycles. The second kappa shape index (κ2) is 10.2. The molecule has 3 fully saturated rings. The van der Waals surface area contributed by atoms with E-state index in [-0.39, 0.29) is 23.5 Å². The number of nitrogens with zero attached hydrogens (tertiary/aromatic N) is 5. The Hall–Kier alpha value is -3.98. The molecular weight excluding hydrogens is 471 g/mol. The average molecular weight is 501 g/mol. The number of carbonyl (C=O) groups is 2. The zero-order valence-electron chi connectivity index (χ0n) is 20.6. The summed E-state index contributed by atoms with van der Waals surface area (Å²) in [4.78, 5) is 35.0. The molecule has 1 aliphatic heterocycles. The van der Waals surface area contributed by atoms with Crippen LogP contribution in [-0.4, -0.2) is 53.4 Å². The predicted molar refractivity (Wildman–Crippen MR) is 134 cm³/mol. The molecular formula is C28H29FN6O2. The summed E-state index contributed by atoms with van der Waals surface area (Å²) in [6, 6.07) is 13.9. The minimum atomic E-state index is -0.734. The third-order valence-electron chi connectivity index (χ3n) is 7.77. The monoisotopic (exact) mass is 500 g/mol. The summed E-state index contributed by atoms with van der Waals surface area (Å²) < 4.78 is 13.3. The first-order valence-corrected chi connectivity index (χ1v) is 12.9. The maximum absolute atomic E-state index is 13.5. The molecule has 0 radical (unpaired) electrons. The Morgan fingerprint density at radius 3 is 2.27 bits per heavy atom. The number of aromatic nitrogens is 1. The van der Waals surface area contributed by atoms with Gasteiger partial charge in [0.05, 0.1) is 17.3 Å². The summed E-state index contributed by atoms with van der Waals surface area (Å²) >= 11 is 0. The number of halogens is 1. The first-order chi connectivity index (χ1) is 17.9. The van der Waals surface area contributed by atoms with Crippen LogP contribution in [0.4, 0.5) is 10.2 Å². The lowest BCUT2D eigenvalue weighted by atomic mass is 9.77. The largest absolute Gasteiger partial charge is 0.352 e. The standard InChI is InChI=1S/C28H29FN6O2/c29-21-8-5-19(6-9-21)24-10-7-20(17-30)25(32-24)34-13-15-35(16-14-34)27(37)23-4-2-1-3-22(23)26(36)33-28(18-31)11-12-28/h5-10,22-23H,1-4,11-16H2,(H,33,36)/t22-,23-/m1/s1. The normalized spacial score (nSPS) is 22.5. The summed E-state index contributed by atoms with van der Waals surface area (Å²) in [7, 11) is 0. The van der Waals surface area contributed by atoms with Gasteiger partial charge in [-0.05, 0) is 62.1 Å². The average Bonchev–Trinajstić information content (AvgIpc) is 3.72. The van der Waals surface area contributed by atoms with Crippen molar-refractivity contribution in [2.24, 2.45) is 11.8 Å². The molecule has 0 spiro atoms. The highest BCUT2D eigenvalue weighted by atomic mass is 19.1. The van der Waals surface area contributed by atoms with Crippen LogP contribution in [0.1, 0.15) is 44.1 Å². The van der Waals surface area contributed by atoms with E-state index in [9.17, 15) is 24.5 Å². The number of nitrogens with one attached hydrogen (secondary N) is 1. The number of rotatable bonds is 5. The molecule has 2 amide bonds. The number of amides is 2. The number of benzene rings is 1. The lowest BCUT2D eigenvalue weighted by Gasteiger charge is -2.39. The number of nitriles is 2. The quantitative estimate of drug-likeness (QED) is 0.673. The summed E-state index contributed by atoms with van der Waals surface area (Å²) in [6.45, 7) is 1.97. The Morgan fingerprint density at radius 2 is 1.65 bits per heavy atom. The van der Waals surface area contributed by atoms with Gasteiger partial charge < -0.3 is 15.1 Å². The van der Waals surface area contributed by atoms with Gasteiger partial charge in [-0.25, -0.2) is 9.37 Å². The van der Waals surface area contributed by atoms with Gasteiger partial charge in [0.15, 0.2) is 0 Å². The minimum Gasteiger partial charge on any atom is -0.352 e. The molecule has 3 aliphatic rings. The van der Waals surface area contributed by atoms with Gasteiger partial charge in [-0.3, -0.25) is 9.59 Å². The maximum atomic E-state index is 13.5. The van der Waals surface area contributed by atoms with E-state index < -0.39 is 11.5 Å². The summed E-state index contributed by atoms with van der Waals surface area (Å²) in [6.07, 6.45) is 4.50. The SMILES string of the molecule is N#Cc1ccc(-c2ccc(F)cc2)nc1N1CCN(C(=O)[C@@H]2CCCC[C@H]2C(=O)NC2(C#N)CC2)CC1. The molecule has 9 heteroatoms. The zero-order chi connectivity index (χ0) is 26.0. The van der Waals surface area contributed by atoms with Gasteiger partial charge in [0.1, 0.15) is 23.2 Å². The molecule has 2 aliphatic carbocycles. The lowest BCUT2D eigenvalue weighted by Crippen LogP contribution is -2.53. The summed E-state index contributed by atoms with van der Waals surface area (Å²) in [5, 5.41) is 21.9. The Labute approximate surface area is 215 Å². The lowest BCUT2D eigenvalue weighted by molar-refractivity contribution is -0.144. The Bertz CT molecular complexity index is 1270. The van der Waals surface area contributed by atoms with Gasteiger partial charge >= 0.3 is 0 Å². The summed E-state index contributed by atoms with van der Waals surface area (Å²) in [5.41, 5.74) is 1.12. The van der Waals surface area contributed by atoms with Crippen LogP contribution in [0.15, 0.2) is 36.4 Å². The summed E-state index contributed by atoms with van der Waals surface area (Å²) in [5.74, 6) is -0.717. The number of piperazine rings is 1. The van der Waals surface area contributed by atoms with Crippen LogP contribution in [0.5, 0.6) is 0 Å². The molecule has 2 heterocycles. The van der Waals surface area contributed by atoms with Crippen LogP contribution < -0.4 is 10.2 Å².